The van der Waals surface area contributed by atoms with E-state index in [9.17, 15) is 18.0 Å². The topological polar surface area (TPSA) is 107 Å². The molecule has 0 radical (unpaired) electrons. The number of carbonyl (C=O) groups excluding carboxylic acids is 1. The van der Waals surface area contributed by atoms with Crippen molar-refractivity contribution in [2.75, 3.05) is 5.73 Å². The Balaban J connectivity index is 2.13. The second-order valence-electron chi connectivity index (χ2n) is 5.37. The Kier molecular flexibility index (Phi) is 5.56. The fraction of sp³-hybridized carbons (Fsp3) is 0.188. The van der Waals surface area contributed by atoms with Gasteiger partial charge < -0.3 is 22.5 Å². The van der Waals surface area contributed by atoms with E-state index in [1.165, 1.54) is 24.3 Å². The first-order chi connectivity index (χ1) is 11.6. The lowest BCUT2D eigenvalue weighted by atomic mass is 10.0. The van der Waals surface area contributed by atoms with Gasteiger partial charge in [0, 0.05) is 16.3 Å². The number of anilines is 1. The maximum atomic E-state index is 12.7. The average Bonchev–Trinajstić information content (AvgIpc) is 2.53. The highest BCUT2D eigenvalue weighted by Gasteiger charge is 2.31. The van der Waals surface area contributed by atoms with Gasteiger partial charge in [-0.1, -0.05) is 17.7 Å². The van der Waals surface area contributed by atoms with Crippen LogP contribution in [0.2, 0.25) is 5.02 Å². The molecule has 2 aromatic carbocycles. The standard InChI is InChI=1S/C16H16ClF3N4O/c17-10-4-1-8(2-5-10)15(25)24-14(23)13(22)11-6-3-9(7-12(11)21)16(18,19)20/h1-7,13-14H,21-23H2,(H,24,25). The van der Waals surface area contributed by atoms with E-state index < -0.39 is 29.9 Å². The molecule has 0 heterocycles. The zero-order valence-corrected chi connectivity index (χ0v) is 13.6. The molecular formula is C16H16ClF3N4O. The summed E-state index contributed by atoms with van der Waals surface area (Å²) in [6.45, 7) is 0. The number of halogens is 4. The summed E-state index contributed by atoms with van der Waals surface area (Å²) in [6, 6.07) is 7.88. The maximum Gasteiger partial charge on any atom is 0.416 e. The third kappa shape index (κ3) is 4.62. The smallest absolute Gasteiger partial charge is 0.398 e. The van der Waals surface area contributed by atoms with Gasteiger partial charge in [0.15, 0.2) is 0 Å². The number of carbonyl (C=O) groups is 1. The fourth-order valence-electron chi connectivity index (χ4n) is 2.17. The summed E-state index contributed by atoms with van der Waals surface area (Å²) in [6.07, 6.45) is -5.57. The molecule has 2 rings (SSSR count). The van der Waals surface area contributed by atoms with E-state index in [0.29, 0.717) is 10.6 Å². The van der Waals surface area contributed by atoms with E-state index in [1.807, 2.05) is 0 Å². The fourth-order valence-corrected chi connectivity index (χ4v) is 2.30. The van der Waals surface area contributed by atoms with Crippen molar-refractivity contribution in [3.05, 3.63) is 64.2 Å². The van der Waals surface area contributed by atoms with Crippen LogP contribution in [-0.4, -0.2) is 12.1 Å². The van der Waals surface area contributed by atoms with E-state index in [0.717, 1.165) is 18.2 Å². The molecule has 0 fully saturated rings. The number of nitrogens with two attached hydrogens (primary N) is 3. The van der Waals surface area contributed by atoms with Gasteiger partial charge in [0.1, 0.15) is 0 Å². The van der Waals surface area contributed by atoms with Gasteiger partial charge in [-0.05, 0) is 42.0 Å². The number of nitrogen functional groups attached to an aromatic ring is 1. The number of hydrogen-bond acceptors (Lipinski definition) is 4. The average molecular weight is 373 g/mol. The summed E-state index contributed by atoms with van der Waals surface area (Å²) < 4.78 is 38.0. The second kappa shape index (κ2) is 7.30. The normalized spacial score (nSPS) is 14.0. The van der Waals surface area contributed by atoms with Crippen molar-refractivity contribution in [2.24, 2.45) is 11.5 Å². The highest BCUT2D eigenvalue weighted by Crippen LogP contribution is 2.32. The predicted octanol–water partition coefficient (Wildman–Crippen LogP) is 2.66. The molecule has 2 unspecified atom stereocenters. The first-order valence-corrected chi connectivity index (χ1v) is 7.51. The molecule has 0 aliphatic rings. The minimum atomic E-state index is -4.51. The van der Waals surface area contributed by atoms with Crippen molar-refractivity contribution in [3.8, 4) is 0 Å². The molecule has 134 valence electrons. The first-order valence-electron chi connectivity index (χ1n) is 7.14. The van der Waals surface area contributed by atoms with Gasteiger partial charge in [-0.25, -0.2) is 0 Å². The Labute approximate surface area is 146 Å². The Morgan fingerprint density at radius 3 is 2.20 bits per heavy atom. The first kappa shape index (κ1) is 19.0. The Bertz CT molecular complexity index is 765. The molecule has 0 aliphatic heterocycles. The van der Waals surface area contributed by atoms with Crippen LogP contribution in [0, 0.1) is 0 Å². The Hall–Kier alpha value is -2.29. The molecule has 0 spiro atoms. The summed E-state index contributed by atoms with van der Waals surface area (Å²) in [5.74, 6) is -0.495. The zero-order valence-electron chi connectivity index (χ0n) is 12.8. The summed E-state index contributed by atoms with van der Waals surface area (Å²) >= 11 is 5.74. The summed E-state index contributed by atoms with van der Waals surface area (Å²) in [5, 5.41) is 2.95. The Morgan fingerprint density at radius 2 is 1.68 bits per heavy atom. The molecular weight excluding hydrogens is 357 g/mol. The van der Waals surface area contributed by atoms with Gasteiger partial charge in [-0.3, -0.25) is 4.79 Å². The van der Waals surface area contributed by atoms with Crippen molar-refractivity contribution in [1.29, 1.82) is 0 Å². The van der Waals surface area contributed by atoms with E-state index in [2.05, 4.69) is 5.32 Å². The van der Waals surface area contributed by atoms with E-state index in [-0.39, 0.29) is 11.3 Å². The molecule has 0 bridgehead atoms. The van der Waals surface area contributed by atoms with Crippen LogP contribution < -0.4 is 22.5 Å². The van der Waals surface area contributed by atoms with Crippen LogP contribution in [0.5, 0.6) is 0 Å². The van der Waals surface area contributed by atoms with Crippen LogP contribution in [-0.2, 0) is 6.18 Å². The SMILES string of the molecule is Nc1cc(C(F)(F)F)ccc1C(N)C(N)NC(=O)c1ccc(Cl)cc1. The molecule has 1 amide bonds. The molecule has 2 aromatic rings. The second-order valence-corrected chi connectivity index (χ2v) is 5.81. The molecule has 0 aromatic heterocycles. The van der Waals surface area contributed by atoms with Crippen LogP contribution in [0.15, 0.2) is 42.5 Å². The molecule has 2 atom stereocenters. The zero-order chi connectivity index (χ0) is 18.8. The van der Waals surface area contributed by atoms with Gasteiger partial charge in [0.25, 0.3) is 5.91 Å². The Morgan fingerprint density at radius 1 is 1.08 bits per heavy atom. The number of rotatable bonds is 4. The molecule has 0 saturated carbocycles. The highest BCUT2D eigenvalue weighted by atomic mass is 35.5. The highest BCUT2D eigenvalue weighted by molar-refractivity contribution is 6.30. The molecule has 7 N–H and O–H groups in total. The summed E-state index contributed by atoms with van der Waals surface area (Å²) in [4.78, 5) is 12.1. The molecule has 0 saturated heterocycles. The maximum absolute atomic E-state index is 12.7. The number of benzene rings is 2. The predicted molar refractivity (Wildman–Crippen MR) is 89.7 cm³/mol. The van der Waals surface area contributed by atoms with Crippen LogP contribution in [0.4, 0.5) is 18.9 Å². The van der Waals surface area contributed by atoms with Gasteiger partial charge in [0.05, 0.1) is 17.8 Å². The molecule has 25 heavy (non-hydrogen) atoms. The van der Waals surface area contributed by atoms with Crippen LogP contribution in [0.1, 0.15) is 27.5 Å². The third-order valence-corrected chi connectivity index (χ3v) is 3.82. The molecule has 5 nitrogen and oxygen atoms in total. The van der Waals surface area contributed by atoms with Crippen molar-refractivity contribution in [2.45, 2.75) is 18.4 Å². The lowest BCUT2D eigenvalue weighted by Crippen LogP contribution is -2.48. The van der Waals surface area contributed by atoms with Crippen molar-refractivity contribution >= 4 is 23.2 Å². The van der Waals surface area contributed by atoms with Gasteiger partial charge in [-0.2, -0.15) is 13.2 Å². The van der Waals surface area contributed by atoms with Crippen LogP contribution >= 0.6 is 11.6 Å². The van der Waals surface area contributed by atoms with Gasteiger partial charge >= 0.3 is 6.18 Å². The van der Waals surface area contributed by atoms with Gasteiger partial charge in [0.2, 0.25) is 0 Å². The third-order valence-electron chi connectivity index (χ3n) is 3.56. The van der Waals surface area contributed by atoms with Crippen molar-refractivity contribution in [1.82, 2.24) is 5.32 Å². The van der Waals surface area contributed by atoms with E-state index >= 15 is 0 Å². The molecule has 9 heteroatoms. The monoisotopic (exact) mass is 372 g/mol. The number of nitrogens with one attached hydrogen (secondary N) is 1. The van der Waals surface area contributed by atoms with Crippen molar-refractivity contribution in [3.63, 3.8) is 0 Å². The number of amides is 1. The molecule has 0 aliphatic carbocycles. The summed E-state index contributed by atoms with van der Waals surface area (Å²) in [5.41, 5.74) is 16.9. The van der Waals surface area contributed by atoms with E-state index in [1.54, 1.807) is 0 Å². The van der Waals surface area contributed by atoms with Crippen LogP contribution in [0.25, 0.3) is 0 Å². The summed E-state index contributed by atoms with van der Waals surface area (Å²) in [7, 11) is 0. The number of alkyl halides is 3. The minimum absolute atomic E-state index is 0.154. The minimum Gasteiger partial charge on any atom is -0.398 e. The van der Waals surface area contributed by atoms with Gasteiger partial charge in [-0.15, -0.1) is 0 Å². The number of hydrogen-bond donors (Lipinski definition) is 4. The quantitative estimate of drug-likeness (QED) is 0.489. The largest absolute Gasteiger partial charge is 0.416 e. The van der Waals surface area contributed by atoms with Crippen LogP contribution in [0.3, 0.4) is 0 Å². The lowest BCUT2D eigenvalue weighted by molar-refractivity contribution is -0.137. The lowest BCUT2D eigenvalue weighted by Gasteiger charge is -2.23. The van der Waals surface area contributed by atoms with E-state index in [4.69, 9.17) is 28.8 Å². The van der Waals surface area contributed by atoms with Crippen molar-refractivity contribution < 1.29 is 18.0 Å².